The third-order valence-electron chi connectivity index (χ3n) is 4.00. The normalized spacial score (nSPS) is 28.4. The minimum absolute atomic E-state index is 0.0937. The van der Waals surface area contributed by atoms with E-state index in [1.807, 2.05) is 6.92 Å². The van der Waals surface area contributed by atoms with Crippen LogP contribution in [0.25, 0.3) is 0 Å². The molecule has 1 aliphatic carbocycles. The molecule has 0 aromatic rings. The number of ether oxygens (including phenoxy) is 2. The van der Waals surface area contributed by atoms with Gasteiger partial charge in [0.15, 0.2) is 0 Å². The fourth-order valence-corrected chi connectivity index (χ4v) is 2.88. The van der Waals surface area contributed by atoms with E-state index in [1.165, 1.54) is 14.2 Å². The first-order valence-corrected chi connectivity index (χ1v) is 6.81. The van der Waals surface area contributed by atoms with Crippen molar-refractivity contribution in [3.8, 4) is 11.8 Å². The van der Waals surface area contributed by atoms with E-state index in [1.54, 1.807) is 0 Å². The molecule has 0 amide bonds. The van der Waals surface area contributed by atoms with Gasteiger partial charge in [0.2, 0.25) is 0 Å². The zero-order chi connectivity index (χ0) is 15.2. The largest absolute Gasteiger partial charge is 0.469 e. The first-order valence-electron chi connectivity index (χ1n) is 6.81. The summed E-state index contributed by atoms with van der Waals surface area (Å²) < 4.78 is 9.54. The van der Waals surface area contributed by atoms with Crippen LogP contribution < -0.4 is 0 Å². The Balaban J connectivity index is 3.07. The van der Waals surface area contributed by atoms with Crippen molar-refractivity contribution < 1.29 is 24.2 Å². The van der Waals surface area contributed by atoms with E-state index in [0.29, 0.717) is 19.3 Å². The maximum atomic E-state index is 12.2. The summed E-state index contributed by atoms with van der Waals surface area (Å²) in [6.45, 7) is 1.91. The Kier molecular flexibility index (Phi) is 6.03. The highest BCUT2D eigenvalue weighted by Crippen LogP contribution is 2.48. The molecule has 0 heterocycles. The second kappa shape index (κ2) is 7.30. The van der Waals surface area contributed by atoms with Crippen molar-refractivity contribution in [3.63, 3.8) is 0 Å². The van der Waals surface area contributed by atoms with E-state index in [0.717, 1.165) is 0 Å². The molecule has 1 rings (SSSR count). The standard InChI is InChI=1S/C15H22O5/c1-4-5-6-9-15(14(18)20-3)11(7-8-12(15)16)10-13(17)19-2/h11-12,16H,4,7-10H2,1-3H3. The van der Waals surface area contributed by atoms with Gasteiger partial charge in [-0.2, -0.15) is 0 Å². The van der Waals surface area contributed by atoms with Crippen molar-refractivity contribution in [2.45, 2.75) is 45.1 Å². The van der Waals surface area contributed by atoms with Crippen molar-refractivity contribution in [1.82, 2.24) is 0 Å². The van der Waals surface area contributed by atoms with Gasteiger partial charge in [0.25, 0.3) is 0 Å². The van der Waals surface area contributed by atoms with Crippen molar-refractivity contribution in [2.75, 3.05) is 14.2 Å². The lowest BCUT2D eigenvalue weighted by molar-refractivity contribution is -0.163. The number of rotatable bonds is 4. The van der Waals surface area contributed by atoms with E-state index >= 15 is 0 Å². The summed E-state index contributed by atoms with van der Waals surface area (Å²) in [7, 11) is 2.60. The predicted octanol–water partition coefficient (Wildman–Crippen LogP) is 1.28. The minimum atomic E-state index is -1.12. The number of esters is 2. The van der Waals surface area contributed by atoms with Crippen LogP contribution in [0.5, 0.6) is 0 Å². The molecule has 112 valence electrons. The van der Waals surface area contributed by atoms with Crippen molar-refractivity contribution in [1.29, 1.82) is 0 Å². The number of methoxy groups -OCH3 is 2. The van der Waals surface area contributed by atoms with Crippen LogP contribution in [0.2, 0.25) is 0 Å². The average molecular weight is 282 g/mol. The van der Waals surface area contributed by atoms with Gasteiger partial charge in [0, 0.05) is 19.3 Å². The molecule has 0 radical (unpaired) electrons. The van der Waals surface area contributed by atoms with Gasteiger partial charge >= 0.3 is 11.9 Å². The molecule has 5 nitrogen and oxygen atoms in total. The van der Waals surface area contributed by atoms with Gasteiger partial charge in [0.1, 0.15) is 5.41 Å². The van der Waals surface area contributed by atoms with Gasteiger partial charge in [-0.1, -0.05) is 6.92 Å². The van der Waals surface area contributed by atoms with Crippen LogP contribution in [0.1, 0.15) is 39.0 Å². The highest BCUT2D eigenvalue weighted by molar-refractivity contribution is 5.80. The fraction of sp³-hybridized carbons (Fsp3) is 0.733. The Labute approximate surface area is 119 Å². The number of hydrogen-bond acceptors (Lipinski definition) is 5. The number of aliphatic hydroxyl groups is 1. The third-order valence-corrected chi connectivity index (χ3v) is 4.00. The molecule has 0 aromatic carbocycles. The summed E-state index contributed by atoms with van der Waals surface area (Å²) in [4.78, 5) is 23.7. The summed E-state index contributed by atoms with van der Waals surface area (Å²) in [5.74, 6) is 4.64. The van der Waals surface area contributed by atoms with Gasteiger partial charge < -0.3 is 14.6 Å². The van der Waals surface area contributed by atoms with Gasteiger partial charge in [-0.15, -0.1) is 11.8 Å². The zero-order valence-electron chi connectivity index (χ0n) is 12.3. The topological polar surface area (TPSA) is 72.8 Å². The van der Waals surface area contributed by atoms with E-state index in [2.05, 4.69) is 16.6 Å². The molecule has 1 N–H and O–H groups in total. The lowest BCUT2D eigenvalue weighted by Crippen LogP contribution is -2.44. The van der Waals surface area contributed by atoms with Crippen LogP contribution in [0.15, 0.2) is 0 Å². The molecule has 0 bridgehead atoms. The van der Waals surface area contributed by atoms with Crippen LogP contribution in [0, 0.1) is 23.2 Å². The molecule has 1 fully saturated rings. The Morgan fingerprint density at radius 3 is 2.50 bits per heavy atom. The molecule has 5 heteroatoms. The number of carbonyl (C=O) groups is 2. The lowest BCUT2D eigenvalue weighted by Gasteiger charge is -2.33. The molecular formula is C15H22O5. The second-order valence-corrected chi connectivity index (χ2v) is 4.99. The summed E-state index contributed by atoms with van der Waals surface area (Å²) >= 11 is 0. The Morgan fingerprint density at radius 1 is 1.25 bits per heavy atom. The summed E-state index contributed by atoms with van der Waals surface area (Å²) in [6, 6.07) is 0. The molecule has 1 aliphatic rings. The quantitative estimate of drug-likeness (QED) is 0.621. The van der Waals surface area contributed by atoms with Crippen LogP contribution in [-0.4, -0.2) is 37.4 Å². The first-order chi connectivity index (χ1) is 9.52. The van der Waals surface area contributed by atoms with Crippen molar-refractivity contribution in [2.24, 2.45) is 11.3 Å². The van der Waals surface area contributed by atoms with Crippen LogP contribution >= 0.6 is 0 Å². The molecule has 0 aromatic heterocycles. The van der Waals surface area contributed by atoms with Gasteiger partial charge in [-0.05, 0) is 18.8 Å². The minimum Gasteiger partial charge on any atom is -0.469 e. The lowest BCUT2D eigenvalue weighted by atomic mass is 9.72. The molecule has 1 saturated carbocycles. The number of aliphatic hydroxyl groups excluding tert-OH is 1. The maximum Gasteiger partial charge on any atom is 0.315 e. The van der Waals surface area contributed by atoms with Crippen LogP contribution in [0.3, 0.4) is 0 Å². The van der Waals surface area contributed by atoms with Crippen LogP contribution in [-0.2, 0) is 19.1 Å². The molecule has 3 unspecified atom stereocenters. The summed E-state index contributed by atoms with van der Waals surface area (Å²) in [5.41, 5.74) is -1.12. The van der Waals surface area contributed by atoms with Gasteiger partial charge in [-0.3, -0.25) is 9.59 Å². The Morgan fingerprint density at radius 2 is 1.95 bits per heavy atom. The molecule has 3 atom stereocenters. The zero-order valence-corrected chi connectivity index (χ0v) is 12.3. The molecule has 0 aliphatic heterocycles. The van der Waals surface area contributed by atoms with Crippen molar-refractivity contribution in [3.05, 3.63) is 0 Å². The maximum absolute atomic E-state index is 12.2. The molecule has 0 saturated heterocycles. The number of carbonyl (C=O) groups excluding carboxylic acids is 2. The smallest absolute Gasteiger partial charge is 0.315 e. The monoisotopic (exact) mass is 282 g/mol. The molecular weight excluding hydrogens is 260 g/mol. The highest BCUT2D eigenvalue weighted by Gasteiger charge is 2.56. The van der Waals surface area contributed by atoms with E-state index < -0.39 is 17.5 Å². The van der Waals surface area contributed by atoms with Gasteiger partial charge in [0.05, 0.1) is 20.3 Å². The number of hydrogen-bond donors (Lipinski definition) is 1. The third kappa shape index (κ3) is 3.13. The van der Waals surface area contributed by atoms with Gasteiger partial charge in [-0.25, -0.2) is 0 Å². The molecule has 0 spiro atoms. The summed E-state index contributed by atoms with van der Waals surface area (Å²) in [5, 5.41) is 10.3. The summed E-state index contributed by atoms with van der Waals surface area (Å²) in [6.07, 6.45) is 1.18. The fourth-order valence-electron chi connectivity index (χ4n) is 2.88. The van der Waals surface area contributed by atoms with E-state index in [-0.39, 0.29) is 24.7 Å². The highest BCUT2D eigenvalue weighted by atomic mass is 16.5. The van der Waals surface area contributed by atoms with E-state index in [9.17, 15) is 14.7 Å². The van der Waals surface area contributed by atoms with E-state index in [4.69, 9.17) is 4.74 Å². The first kappa shape index (κ1) is 16.5. The Hall–Kier alpha value is -1.54. The molecule has 20 heavy (non-hydrogen) atoms. The average Bonchev–Trinajstić information content (AvgIpc) is 2.76. The predicted molar refractivity (Wildman–Crippen MR) is 72.5 cm³/mol. The van der Waals surface area contributed by atoms with Crippen molar-refractivity contribution >= 4 is 11.9 Å². The second-order valence-electron chi connectivity index (χ2n) is 4.99. The Bertz CT molecular complexity index is 420. The van der Waals surface area contributed by atoms with Crippen LogP contribution in [0.4, 0.5) is 0 Å². The SMILES string of the molecule is CCC#CCC1(C(=O)OC)C(O)CCC1CC(=O)OC.